The van der Waals surface area contributed by atoms with E-state index >= 15 is 0 Å². The number of Topliss-reactive ketones (excluding diaryl/α,β-unsaturated/α-hetero) is 2. The third-order valence-electron chi connectivity index (χ3n) is 5.57. The summed E-state index contributed by atoms with van der Waals surface area (Å²) < 4.78 is 41.4. The Kier molecular flexibility index (Phi) is 6.89. The van der Waals surface area contributed by atoms with Gasteiger partial charge in [0, 0.05) is 29.5 Å². The summed E-state index contributed by atoms with van der Waals surface area (Å²) in [7, 11) is 0. The highest BCUT2D eigenvalue weighted by molar-refractivity contribution is 6.32. The zero-order valence-electron chi connectivity index (χ0n) is 18.6. The van der Waals surface area contributed by atoms with Crippen LogP contribution in [-0.2, 0) is 12.6 Å². The van der Waals surface area contributed by atoms with Gasteiger partial charge in [0.05, 0.1) is 16.4 Å². The molecule has 4 aromatic rings. The van der Waals surface area contributed by atoms with Crippen LogP contribution in [0.25, 0.3) is 16.9 Å². The lowest BCUT2D eigenvalue weighted by molar-refractivity contribution is -0.141. The molecule has 0 unspecified atom stereocenters. The summed E-state index contributed by atoms with van der Waals surface area (Å²) in [6, 6.07) is 20.6. The average Bonchev–Trinajstić information content (AvgIpc) is 3.30. The van der Waals surface area contributed by atoms with Crippen LogP contribution < -0.4 is 0 Å². The number of hydrogen-bond acceptors (Lipinski definition) is 3. The molecule has 1 aromatic heterocycles. The van der Waals surface area contributed by atoms with Crippen molar-refractivity contribution in [1.29, 1.82) is 0 Å². The highest BCUT2D eigenvalue weighted by Gasteiger charge is 2.35. The Hall–Kier alpha value is -3.71. The summed E-state index contributed by atoms with van der Waals surface area (Å²) in [5.74, 6) is -0.249. The third kappa shape index (κ3) is 5.20. The monoisotopic (exact) mass is 496 g/mol. The number of benzene rings is 3. The highest BCUT2D eigenvalue weighted by atomic mass is 35.5. The standard InChI is InChI=1S/C27H20ClF3N2O2/c1-2-24(34)20-8-4-3-7-19(20)15-25(35)18-13-11-17(12-14-18)23-16-26(27(29,30)31)32-33(23)22-10-6-5-9-21(22)28/h3-14,16H,2,15H2,1H3. The molecule has 0 saturated heterocycles. The SMILES string of the molecule is CCC(=O)c1ccccc1CC(=O)c1ccc(-c2cc(C(F)(F)F)nn2-c2ccccc2Cl)cc1. The van der Waals surface area contributed by atoms with Crippen LogP contribution in [0.4, 0.5) is 13.2 Å². The van der Waals surface area contributed by atoms with Gasteiger partial charge in [-0.3, -0.25) is 9.59 Å². The lowest BCUT2D eigenvalue weighted by Crippen LogP contribution is -2.09. The minimum absolute atomic E-state index is 0.0387. The molecule has 0 fully saturated rings. The van der Waals surface area contributed by atoms with E-state index < -0.39 is 11.9 Å². The predicted octanol–water partition coefficient (Wildman–Crippen LogP) is 7.23. The van der Waals surface area contributed by atoms with Crippen molar-refractivity contribution in [3.63, 3.8) is 0 Å². The van der Waals surface area contributed by atoms with E-state index in [4.69, 9.17) is 11.6 Å². The second kappa shape index (κ2) is 9.88. The fourth-order valence-electron chi connectivity index (χ4n) is 3.77. The Balaban J connectivity index is 1.67. The van der Waals surface area contributed by atoms with Crippen LogP contribution in [0.15, 0.2) is 78.9 Å². The van der Waals surface area contributed by atoms with Gasteiger partial charge < -0.3 is 0 Å². The topological polar surface area (TPSA) is 52.0 Å². The molecule has 1 heterocycles. The number of carbonyl (C=O) groups excluding carboxylic acids is 2. The summed E-state index contributed by atoms with van der Waals surface area (Å²) in [5, 5.41) is 3.99. The molecule has 0 aliphatic carbocycles. The van der Waals surface area contributed by atoms with Crippen molar-refractivity contribution in [1.82, 2.24) is 9.78 Å². The molecule has 3 aromatic carbocycles. The van der Waals surface area contributed by atoms with Gasteiger partial charge in [-0.15, -0.1) is 0 Å². The van der Waals surface area contributed by atoms with Gasteiger partial charge in [0.1, 0.15) is 0 Å². The van der Waals surface area contributed by atoms with Crippen LogP contribution in [0.5, 0.6) is 0 Å². The lowest BCUT2D eigenvalue weighted by atomic mass is 9.95. The molecule has 4 nitrogen and oxygen atoms in total. The summed E-state index contributed by atoms with van der Waals surface area (Å²) in [5.41, 5.74) is 1.41. The normalized spacial score (nSPS) is 11.5. The molecular formula is C27H20ClF3N2O2. The second-order valence-corrected chi connectivity index (χ2v) is 8.29. The maximum Gasteiger partial charge on any atom is 0.435 e. The number of ketones is 2. The fourth-order valence-corrected chi connectivity index (χ4v) is 3.99. The van der Waals surface area contributed by atoms with Crippen molar-refractivity contribution in [2.45, 2.75) is 25.9 Å². The van der Waals surface area contributed by atoms with Gasteiger partial charge in [0.2, 0.25) is 0 Å². The molecule has 35 heavy (non-hydrogen) atoms. The molecule has 0 N–H and O–H groups in total. The lowest BCUT2D eigenvalue weighted by Gasteiger charge is -2.10. The van der Waals surface area contributed by atoms with Crippen molar-refractivity contribution >= 4 is 23.2 Å². The molecule has 0 aliphatic heterocycles. The molecular weight excluding hydrogens is 477 g/mol. The maximum absolute atomic E-state index is 13.4. The molecule has 0 aliphatic rings. The number of para-hydroxylation sites is 1. The van der Waals surface area contributed by atoms with Crippen LogP contribution in [0.2, 0.25) is 5.02 Å². The van der Waals surface area contributed by atoms with Crippen molar-refractivity contribution in [3.05, 3.63) is 106 Å². The van der Waals surface area contributed by atoms with Crippen LogP contribution in [0.1, 0.15) is 45.3 Å². The van der Waals surface area contributed by atoms with E-state index in [2.05, 4.69) is 5.10 Å². The first-order valence-electron chi connectivity index (χ1n) is 10.9. The van der Waals surface area contributed by atoms with E-state index in [9.17, 15) is 22.8 Å². The van der Waals surface area contributed by atoms with E-state index in [-0.39, 0.29) is 28.7 Å². The molecule has 178 valence electrons. The minimum Gasteiger partial charge on any atom is -0.294 e. The van der Waals surface area contributed by atoms with E-state index in [0.717, 1.165) is 10.7 Å². The number of aromatic nitrogens is 2. The van der Waals surface area contributed by atoms with Gasteiger partial charge in [0.25, 0.3) is 0 Å². The summed E-state index contributed by atoms with van der Waals surface area (Å²) in [6.07, 6.45) is -4.27. The molecule has 0 radical (unpaired) electrons. The molecule has 0 atom stereocenters. The summed E-state index contributed by atoms with van der Waals surface area (Å²) in [4.78, 5) is 25.1. The predicted molar refractivity (Wildman–Crippen MR) is 128 cm³/mol. The Labute approximate surface area is 205 Å². The zero-order valence-corrected chi connectivity index (χ0v) is 19.4. The van der Waals surface area contributed by atoms with Gasteiger partial charge in [-0.2, -0.15) is 18.3 Å². The molecule has 0 spiro atoms. The molecule has 8 heteroatoms. The van der Waals surface area contributed by atoms with Crippen molar-refractivity contribution in [2.75, 3.05) is 0 Å². The first-order valence-corrected chi connectivity index (χ1v) is 11.2. The molecule has 0 saturated carbocycles. The Morgan fingerprint density at radius 2 is 1.57 bits per heavy atom. The fraction of sp³-hybridized carbons (Fsp3) is 0.148. The van der Waals surface area contributed by atoms with E-state index in [1.807, 2.05) is 0 Å². The quantitative estimate of drug-likeness (QED) is 0.254. The number of halogens is 4. The first kappa shape index (κ1) is 24.4. The number of carbonyl (C=O) groups is 2. The van der Waals surface area contributed by atoms with Gasteiger partial charge in [-0.25, -0.2) is 4.68 Å². The average molecular weight is 497 g/mol. The van der Waals surface area contributed by atoms with Crippen molar-refractivity contribution < 1.29 is 22.8 Å². The second-order valence-electron chi connectivity index (χ2n) is 7.89. The summed E-state index contributed by atoms with van der Waals surface area (Å²) >= 11 is 6.22. The van der Waals surface area contributed by atoms with Gasteiger partial charge in [-0.05, 0) is 23.8 Å². The smallest absolute Gasteiger partial charge is 0.294 e. The number of nitrogens with zero attached hydrogens (tertiary/aromatic N) is 2. The van der Waals surface area contributed by atoms with E-state index in [1.54, 1.807) is 79.7 Å². The van der Waals surface area contributed by atoms with Crippen LogP contribution in [0, 0.1) is 0 Å². The Bertz CT molecular complexity index is 1390. The summed E-state index contributed by atoms with van der Waals surface area (Å²) in [6.45, 7) is 1.76. The van der Waals surface area contributed by atoms with Crippen molar-refractivity contribution in [2.24, 2.45) is 0 Å². The molecule has 4 rings (SSSR count). The molecule has 0 amide bonds. The van der Waals surface area contributed by atoms with Crippen LogP contribution in [0.3, 0.4) is 0 Å². The highest BCUT2D eigenvalue weighted by Crippen LogP contribution is 2.34. The first-order chi connectivity index (χ1) is 16.7. The number of alkyl halides is 3. The van der Waals surface area contributed by atoms with Gasteiger partial charge >= 0.3 is 6.18 Å². The maximum atomic E-state index is 13.4. The van der Waals surface area contributed by atoms with Crippen LogP contribution >= 0.6 is 11.6 Å². The largest absolute Gasteiger partial charge is 0.435 e. The van der Waals surface area contributed by atoms with E-state index in [1.165, 1.54) is 0 Å². The molecule has 0 bridgehead atoms. The Morgan fingerprint density at radius 1 is 0.914 bits per heavy atom. The van der Waals surface area contributed by atoms with E-state index in [0.29, 0.717) is 34.4 Å². The number of rotatable bonds is 7. The number of hydrogen-bond donors (Lipinski definition) is 0. The third-order valence-corrected chi connectivity index (χ3v) is 5.89. The minimum atomic E-state index is -4.64. The van der Waals surface area contributed by atoms with Crippen molar-refractivity contribution in [3.8, 4) is 16.9 Å². The van der Waals surface area contributed by atoms with Gasteiger partial charge in [-0.1, -0.05) is 79.2 Å². The zero-order chi connectivity index (χ0) is 25.2. The Morgan fingerprint density at radius 3 is 2.23 bits per heavy atom. The van der Waals surface area contributed by atoms with Crippen LogP contribution in [-0.4, -0.2) is 21.3 Å². The van der Waals surface area contributed by atoms with Gasteiger partial charge in [0.15, 0.2) is 17.3 Å².